The Hall–Kier alpha value is -1.08. The molecule has 0 aliphatic carbocycles. The summed E-state index contributed by atoms with van der Waals surface area (Å²) in [5.41, 5.74) is 1.50. The summed E-state index contributed by atoms with van der Waals surface area (Å²) in [6, 6.07) is 3.55. The maximum Gasteiger partial charge on any atom is 0.341 e. The Kier molecular flexibility index (Phi) is 3.48. The van der Waals surface area contributed by atoms with E-state index in [1.807, 2.05) is 13.0 Å². The summed E-state index contributed by atoms with van der Waals surface area (Å²) in [6.07, 6.45) is 0. The van der Waals surface area contributed by atoms with Gasteiger partial charge in [0.15, 0.2) is 0 Å². The van der Waals surface area contributed by atoms with Crippen LogP contribution in [0.15, 0.2) is 12.1 Å². The Morgan fingerprint density at radius 1 is 1.36 bits per heavy atom. The van der Waals surface area contributed by atoms with E-state index < -0.39 is 0 Å². The van der Waals surface area contributed by atoms with Gasteiger partial charge in [0, 0.05) is 0 Å². The minimum absolute atomic E-state index is 0.384. The van der Waals surface area contributed by atoms with Crippen LogP contribution in [-0.4, -0.2) is 20.2 Å². The fraction of sp³-hybridized carbons (Fsp3) is 0.300. The van der Waals surface area contributed by atoms with Crippen LogP contribution in [0.1, 0.15) is 15.9 Å². The Balaban J connectivity index is 3.27. The van der Waals surface area contributed by atoms with Gasteiger partial charge < -0.3 is 9.47 Å². The van der Waals surface area contributed by atoms with E-state index in [1.165, 1.54) is 14.2 Å². The highest BCUT2D eigenvalue weighted by Gasteiger charge is 2.13. The van der Waals surface area contributed by atoms with Gasteiger partial charge in [0.05, 0.1) is 14.2 Å². The van der Waals surface area contributed by atoms with Crippen molar-refractivity contribution in [3.63, 3.8) is 0 Å². The Labute approximate surface area is 85.6 Å². The van der Waals surface area contributed by atoms with Crippen molar-refractivity contribution in [1.29, 1.82) is 0 Å². The zero-order valence-corrected chi connectivity index (χ0v) is 9.61. The monoisotopic (exact) mass is 212 g/mol. The van der Waals surface area contributed by atoms with E-state index in [0.29, 0.717) is 11.3 Å². The maximum atomic E-state index is 11.3. The van der Waals surface area contributed by atoms with E-state index in [9.17, 15) is 4.79 Å². The first kappa shape index (κ1) is 11.0. The number of carbonyl (C=O) groups excluding carboxylic acids is 1. The molecule has 3 nitrogen and oxygen atoms in total. The number of benzene rings is 1. The molecule has 0 spiro atoms. The summed E-state index contributed by atoms with van der Waals surface area (Å²) < 4.78 is 9.74. The molecule has 0 heterocycles. The highest BCUT2D eigenvalue weighted by molar-refractivity contribution is 7.27. The molecule has 0 saturated carbocycles. The molecular weight excluding hydrogens is 199 g/mol. The van der Waals surface area contributed by atoms with E-state index >= 15 is 0 Å². The average Bonchev–Trinajstić information content (AvgIpc) is 2.20. The van der Waals surface area contributed by atoms with Crippen LogP contribution in [-0.2, 0) is 4.74 Å². The second-order valence-corrected chi connectivity index (χ2v) is 3.52. The number of ether oxygens (including phenoxy) is 2. The lowest BCUT2D eigenvalue weighted by molar-refractivity contribution is 0.0597. The second-order valence-electron chi connectivity index (χ2n) is 2.90. The number of hydrogen-bond acceptors (Lipinski definition) is 3. The highest BCUT2D eigenvalue weighted by atomic mass is 31.0. The summed E-state index contributed by atoms with van der Waals surface area (Å²) in [4.78, 5) is 11.3. The highest BCUT2D eigenvalue weighted by Crippen LogP contribution is 2.20. The first-order valence-electron chi connectivity index (χ1n) is 4.12. The topological polar surface area (TPSA) is 35.5 Å². The molecule has 4 heteroatoms. The van der Waals surface area contributed by atoms with Crippen molar-refractivity contribution in [3.8, 4) is 5.75 Å². The minimum atomic E-state index is -0.384. The second kappa shape index (κ2) is 4.43. The molecule has 0 fully saturated rings. The van der Waals surface area contributed by atoms with Crippen LogP contribution < -0.4 is 10.0 Å². The zero-order valence-electron chi connectivity index (χ0n) is 8.46. The smallest absolute Gasteiger partial charge is 0.341 e. The molecule has 1 atom stereocenters. The molecule has 1 unspecified atom stereocenters. The summed E-state index contributed by atoms with van der Waals surface area (Å²) in [7, 11) is 5.45. The lowest BCUT2D eigenvalue weighted by atomic mass is 10.1. The van der Waals surface area contributed by atoms with Gasteiger partial charge in [-0.15, -0.1) is 9.24 Å². The van der Waals surface area contributed by atoms with Gasteiger partial charge in [0.1, 0.15) is 11.3 Å². The van der Waals surface area contributed by atoms with Crippen molar-refractivity contribution in [2.75, 3.05) is 14.2 Å². The van der Waals surface area contributed by atoms with Crippen LogP contribution in [0.5, 0.6) is 5.75 Å². The molecule has 1 aromatic rings. The Morgan fingerprint density at radius 2 is 2.00 bits per heavy atom. The van der Waals surface area contributed by atoms with Gasteiger partial charge in [-0.1, -0.05) is 0 Å². The normalized spacial score (nSPS) is 9.71. The SMILES string of the molecule is COC(=O)c1cc(P)c(C)cc1OC. The predicted molar refractivity (Wildman–Crippen MR) is 58.4 cm³/mol. The van der Waals surface area contributed by atoms with Gasteiger partial charge in [-0.25, -0.2) is 4.79 Å². The number of rotatable bonds is 2. The molecule has 0 aromatic heterocycles. The van der Waals surface area contributed by atoms with Crippen molar-refractivity contribution < 1.29 is 14.3 Å². The largest absolute Gasteiger partial charge is 0.496 e. The summed E-state index contributed by atoms with van der Waals surface area (Å²) in [5, 5.41) is 0.964. The lowest BCUT2D eigenvalue weighted by Gasteiger charge is -2.09. The maximum absolute atomic E-state index is 11.3. The van der Waals surface area contributed by atoms with Gasteiger partial charge in [-0.05, 0) is 29.9 Å². The molecule has 76 valence electrons. The quantitative estimate of drug-likeness (QED) is 0.547. The first-order valence-corrected chi connectivity index (χ1v) is 4.70. The van der Waals surface area contributed by atoms with Crippen LogP contribution >= 0.6 is 9.24 Å². The predicted octanol–water partition coefficient (Wildman–Crippen LogP) is 1.29. The summed E-state index contributed by atoms with van der Waals surface area (Å²) >= 11 is 0. The fourth-order valence-corrected chi connectivity index (χ4v) is 1.39. The molecule has 0 radical (unpaired) electrons. The average molecular weight is 212 g/mol. The molecule has 0 bridgehead atoms. The van der Waals surface area contributed by atoms with E-state index in [4.69, 9.17) is 4.74 Å². The summed E-state index contributed by atoms with van der Waals surface area (Å²) in [5.74, 6) is 0.158. The van der Waals surface area contributed by atoms with E-state index in [2.05, 4.69) is 14.0 Å². The van der Waals surface area contributed by atoms with Crippen LogP contribution in [0.3, 0.4) is 0 Å². The third-order valence-electron chi connectivity index (χ3n) is 1.99. The molecular formula is C10H13O3P. The van der Waals surface area contributed by atoms with Crippen LogP contribution in [0, 0.1) is 6.92 Å². The molecule has 0 aliphatic rings. The van der Waals surface area contributed by atoms with Crippen LogP contribution in [0.4, 0.5) is 0 Å². The fourth-order valence-electron chi connectivity index (χ4n) is 1.14. The third kappa shape index (κ3) is 2.05. The number of carbonyl (C=O) groups is 1. The van der Waals surface area contributed by atoms with Crippen LogP contribution in [0.2, 0.25) is 0 Å². The number of aryl methyl sites for hydroxylation is 1. The molecule has 0 aliphatic heterocycles. The number of methoxy groups -OCH3 is 2. The molecule has 14 heavy (non-hydrogen) atoms. The molecule has 0 saturated heterocycles. The molecule has 1 rings (SSSR count). The third-order valence-corrected chi connectivity index (χ3v) is 2.62. The minimum Gasteiger partial charge on any atom is -0.496 e. The van der Waals surface area contributed by atoms with Crippen LogP contribution in [0.25, 0.3) is 0 Å². The van der Waals surface area contributed by atoms with E-state index in [0.717, 1.165) is 10.9 Å². The molecule has 0 amide bonds. The van der Waals surface area contributed by atoms with Gasteiger partial charge in [-0.2, -0.15) is 0 Å². The first-order chi connectivity index (χ1) is 6.60. The molecule has 1 aromatic carbocycles. The van der Waals surface area contributed by atoms with Gasteiger partial charge in [0.2, 0.25) is 0 Å². The Morgan fingerprint density at radius 3 is 2.50 bits per heavy atom. The molecule has 0 N–H and O–H groups in total. The summed E-state index contributed by atoms with van der Waals surface area (Å²) in [6.45, 7) is 1.95. The van der Waals surface area contributed by atoms with Crippen molar-refractivity contribution in [2.45, 2.75) is 6.92 Å². The lowest BCUT2D eigenvalue weighted by Crippen LogP contribution is -2.09. The van der Waals surface area contributed by atoms with Crippen molar-refractivity contribution in [2.24, 2.45) is 0 Å². The zero-order chi connectivity index (χ0) is 10.7. The number of hydrogen-bond donors (Lipinski definition) is 0. The van der Waals surface area contributed by atoms with E-state index in [1.54, 1.807) is 6.07 Å². The Bertz CT molecular complexity index is 361. The van der Waals surface area contributed by atoms with Gasteiger partial charge in [0.25, 0.3) is 0 Å². The van der Waals surface area contributed by atoms with Crippen molar-refractivity contribution in [3.05, 3.63) is 23.3 Å². The van der Waals surface area contributed by atoms with Gasteiger partial charge >= 0.3 is 5.97 Å². The van der Waals surface area contributed by atoms with Crippen molar-refractivity contribution in [1.82, 2.24) is 0 Å². The standard InChI is InChI=1S/C10H13O3P/c1-6-4-8(12-2)7(5-9(6)14)10(11)13-3/h4-5H,14H2,1-3H3. The van der Waals surface area contributed by atoms with Crippen molar-refractivity contribution >= 4 is 20.5 Å². The number of esters is 1. The van der Waals surface area contributed by atoms with Gasteiger partial charge in [-0.3, -0.25) is 0 Å². The van der Waals surface area contributed by atoms with E-state index in [-0.39, 0.29) is 5.97 Å².